The van der Waals surface area contributed by atoms with Crippen LogP contribution in [0.1, 0.15) is 0 Å². The highest BCUT2D eigenvalue weighted by molar-refractivity contribution is 6.09. The summed E-state index contributed by atoms with van der Waals surface area (Å²) in [5, 5.41) is 7.53. The van der Waals surface area contributed by atoms with E-state index in [1.807, 2.05) is 0 Å². The Bertz CT molecular complexity index is 3210. The molecule has 1 heterocycles. The van der Waals surface area contributed by atoms with Gasteiger partial charge in [0.2, 0.25) is 0 Å². The Balaban J connectivity index is 0.972. The number of fused-ring (bicyclic) bond motifs is 5. The molecule has 0 spiro atoms. The molecule has 0 aliphatic rings. The second kappa shape index (κ2) is 14.1. The Kier molecular flexibility index (Phi) is 8.19. The molecule has 0 saturated heterocycles. The van der Waals surface area contributed by atoms with E-state index in [0.29, 0.717) is 0 Å². The Morgan fingerprint density at radius 1 is 0.259 bits per heavy atom. The van der Waals surface area contributed by atoms with Crippen molar-refractivity contribution in [1.29, 1.82) is 0 Å². The lowest BCUT2D eigenvalue weighted by atomic mass is 9.98. The maximum atomic E-state index is 2.37. The molecule has 0 fully saturated rings. The molecule has 272 valence electrons. The molecule has 0 radical (unpaired) electrons. The molecule has 1 aromatic heterocycles. The summed E-state index contributed by atoms with van der Waals surface area (Å²) >= 11 is 0. The number of nitrogens with zero attached hydrogens (tertiary/aromatic N) is 2. The normalized spacial score (nSPS) is 11.4. The van der Waals surface area contributed by atoms with Gasteiger partial charge in [-0.25, -0.2) is 0 Å². The van der Waals surface area contributed by atoms with Crippen molar-refractivity contribution in [2.24, 2.45) is 0 Å². The van der Waals surface area contributed by atoms with E-state index < -0.39 is 0 Å². The number of rotatable bonds is 7. The minimum atomic E-state index is 1.09. The number of anilines is 3. The Labute approximate surface area is 338 Å². The first-order valence-corrected chi connectivity index (χ1v) is 19.9. The van der Waals surface area contributed by atoms with Crippen LogP contribution in [0.2, 0.25) is 0 Å². The van der Waals surface area contributed by atoms with E-state index in [2.05, 4.69) is 240 Å². The first-order chi connectivity index (χ1) is 28.7. The fraction of sp³-hybridized carbons (Fsp3) is 0. The number of hydrogen-bond acceptors (Lipinski definition) is 1. The monoisotopic (exact) mass is 738 g/mol. The summed E-state index contributed by atoms with van der Waals surface area (Å²) in [6.45, 7) is 0. The van der Waals surface area contributed by atoms with Gasteiger partial charge in [0.25, 0.3) is 0 Å². The van der Waals surface area contributed by atoms with Crippen LogP contribution in [0.4, 0.5) is 17.1 Å². The Hall–Kier alpha value is -7.68. The van der Waals surface area contributed by atoms with Gasteiger partial charge >= 0.3 is 0 Å². The van der Waals surface area contributed by atoms with Crippen LogP contribution in [0.3, 0.4) is 0 Å². The lowest BCUT2D eigenvalue weighted by molar-refractivity contribution is 1.17. The maximum absolute atomic E-state index is 2.37. The van der Waals surface area contributed by atoms with Crippen molar-refractivity contribution in [3.63, 3.8) is 0 Å². The van der Waals surface area contributed by atoms with E-state index in [1.165, 1.54) is 76.7 Å². The van der Waals surface area contributed by atoms with Crippen LogP contribution >= 0.6 is 0 Å². The molecule has 0 amide bonds. The summed E-state index contributed by atoms with van der Waals surface area (Å²) in [5.41, 5.74) is 14.0. The zero-order valence-corrected chi connectivity index (χ0v) is 31.8. The van der Waals surface area contributed by atoms with E-state index in [-0.39, 0.29) is 0 Å². The molecular weight excluding hydrogens is 701 g/mol. The first-order valence-electron chi connectivity index (χ1n) is 19.9. The molecule has 2 heteroatoms. The molecule has 11 rings (SSSR count). The summed E-state index contributed by atoms with van der Waals surface area (Å²) in [6.07, 6.45) is 0. The number of hydrogen-bond donors (Lipinski definition) is 0. The standard InChI is InChI=1S/C56H38N2/c1-3-12-44-36-47(26-24-39(44)10-1)43-22-20-41(21-23-43)42-28-30-49(31-29-42)57(52-15-9-14-46(38-52)48-27-25-40-11-2-4-13-45(40)37-48)50-32-34-51(35-33-50)58-55-18-7-5-16-53(55)54-17-6-8-19-56(54)58/h1-38H. The quantitative estimate of drug-likeness (QED) is 0.158. The van der Waals surface area contributed by atoms with E-state index >= 15 is 0 Å². The van der Waals surface area contributed by atoms with Gasteiger partial charge < -0.3 is 9.47 Å². The van der Waals surface area contributed by atoms with Gasteiger partial charge in [-0.15, -0.1) is 0 Å². The number of benzene rings is 10. The molecule has 2 nitrogen and oxygen atoms in total. The molecular formula is C56H38N2. The smallest absolute Gasteiger partial charge is 0.0541 e. The van der Waals surface area contributed by atoms with Crippen molar-refractivity contribution in [2.75, 3.05) is 4.90 Å². The topological polar surface area (TPSA) is 8.17 Å². The molecule has 10 aromatic carbocycles. The fourth-order valence-corrected chi connectivity index (χ4v) is 8.62. The fourth-order valence-electron chi connectivity index (χ4n) is 8.62. The molecule has 0 saturated carbocycles. The van der Waals surface area contributed by atoms with Gasteiger partial charge in [-0.3, -0.25) is 0 Å². The van der Waals surface area contributed by atoms with Gasteiger partial charge in [-0.1, -0.05) is 158 Å². The third-order valence-corrected chi connectivity index (χ3v) is 11.6. The van der Waals surface area contributed by atoms with E-state index in [1.54, 1.807) is 0 Å². The van der Waals surface area contributed by atoms with E-state index in [0.717, 1.165) is 22.7 Å². The average Bonchev–Trinajstić information content (AvgIpc) is 3.64. The first kappa shape index (κ1) is 33.6. The molecule has 0 atom stereocenters. The summed E-state index contributed by atoms with van der Waals surface area (Å²) in [7, 11) is 0. The summed E-state index contributed by atoms with van der Waals surface area (Å²) in [5.74, 6) is 0. The van der Waals surface area contributed by atoms with Crippen LogP contribution in [0.5, 0.6) is 0 Å². The van der Waals surface area contributed by atoms with Crippen LogP contribution in [0.15, 0.2) is 231 Å². The van der Waals surface area contributed by atoms with Crippen LogP contribution in [0, 0.1) is 0 Å². The van der Waals surface area contributed by atoms with Gasteiger partial charge in [0.1, 0.15) is 0 Å². The summed E-state index contributed by atoms with van der Waals surface area (Å²) < 4.78 is 2.37. The average molecular weight is 739 g/mol. The zero-order valence-electron chi connectivity index (χ0n) is 31.8. The highest BCUT2D eigenvalue weighted by atomic mass is 15.1. The Morgan fingerprint density at radius 3 is 1.24 bits per heavy atom. The van der Waals surface area contributed by atoms with Crippen molar-refractivity contribution in [2.45, 2.75) is 0 Å². The third-order valence-electron chi connectivity index (χ3n) is 11.6. The highest BCUT2D eigenvalue weighted by Gasteiger charge is 2.16. The zero-order chi connectivity index (χ0) is 38.4. The molecule has 0 unspecified atom stereocenters. The molecule has 0 bridgehead atoms. The highest BCUT2D eigenvalue weighted by Crippen LogP contribution is 2.40. The second-order valence-electron chi connectivity index (χ2n) is 15.0. The SMILES string of the molecule is c1cc(-c2ccc3ccccc3c2)cc(N(c2ccc(-c3ccc(-c4ccc5ccccc5c4)cc3)cc2)c2ccc(-n3c4ccccc4c4ccccc43)cc2)c1. The number of para-hydroxylation sites is 2. The molecule has 11 aromatic rings. The maximum Gasteiger partial charge on any atom is 0.0541 e. The lowest BCUT2D eigenvalue weighted by Gasteiger charge is -2.26. The van der Waals surface area contributed by atoms with E-state index in [4.69, 9.17) is 0 Å². The van der Waals surface area contributed by atoms with Crippen LogP contribution < -0.4 is 4.90 Å². The Morgan fingerprint density at radius 2 is 0.672 bits per heavy atom. The van der Waals surface area contributed by atoms with Crippen molar-refractivity contribution in [3.8, 4) is 39.1 Å². The molecule has 0 N–H and O–H groups in total. The molecule has 0 aliphatic heterocycles. The van der Waals surface area contributed by atoms with Gasteiger partial charge in [0.15, 0.2) is 0 Å². The van der Waals surface area contributed by atoms with Gasteiger partial charge in [0.05, 0.1) is 11.0 Å². The van der Waals surface area contributed by atoms with E-state index in [9.17, 15) is 0 Å². The molecule has 0 aliphatic carbocycles. The summed E-state index contributed by atoms with van der Waals surface area (Å²) in [4.78, 5) is 2.37. The van der Waals surface area contributed by atoms with Crippen molar-refractivity contribution < 1.29 is 0 Å². The minimum absolute atomic E-state index is 1.09. The van der Waals surface area contributed by atoms with Crippen LogP contribution in [-0.4, -0.2) is 4.57 Å². The molecule has 58 heavy (non-hydrogen) atoms. The van der Waals surface area contributed by atoms with Crippen LogP contribution in [-0.2, 0) is 0 Å². The predicted molar refractivity (Wildman–Crippen MR) is 247 cm³/mol. The largest absolute Gasteiger partial charge is 0.310 e. The second-order valence-corrected chi connectivity index (χ2v) is 15.0. The van der Waals surface area contributed by atoms with Gasteiger partial charge in [-0.2, -0.15) is 0 Å². The van der Waals surface area contributed by atoms with Crippen molar-refractivity contribution >= 4 is 60.4 Å². The summed E-state index contributed by atoms with van der Waals surface area (Å²) in [6, 6.07) is 83.7. The lowest BCUT2D eigenvalue weighted by Crippen LogP contribution is -2.10. The number of aromatic nitrogens is 1. The van der Waals surface area contributed by atoms with Crippen molar-refractivity contribution in [3.05, 3.63) is 231 Å². The third kappa shape index (κ3) is 6.00. The van der Waals surface area contributed by atoms with Gasteiger partial charge in [0, 0.05) is 33.5 Å². The van der Waals surface area contributed by atoms with Gasteiger partial charge in [-0.05, 0) is 128 Å². The van der Waals surface area contributed by atoms with Crippen molar-refractivity contribution in [1.82, 2.24) is 4.57 Å². The minimum Gasteiger partial charge on any atom is -0.310 e. The van der Waals surface area contributed by atoms with Crippen LogP contribution in [0.25, 0.3) is 82.4 Å². The predicted octanol–water partition coefficient (Wildman–Crippen LogP) is 15.6.